The third-order valence-electron chi connectivity index (χ3n) is 8.81. The number of ether oxygens (including phenoxy) is 3. The minimum absolute atomic E-state index is 0.407. The molecule has 3 heteroatoms. The van der Waals surface area contributed by atoms with Gasteiger partial charge in [-0.25, -0.2) is 0 Å². The van der Waals surface area contributed by atoms with Gasteiger partial charge in [0.1, 0.15) is 37.1 Å². The van der Waals surface area contributed by atoms with Crippen molar-refractivity contribution in [3.63, 3.8) is 0 Å². The topological polar surface area (TPSA) is 27.7 Å². The number of hydrogen-bond acceptors (Lipinski definition) is 3. The van der Waals surface area contributed by atoms with Crippen LogP contribution in [0.15, 0.2) is 148 Å². The second kappa shape index (κ2) is 16.4. The largest absolute Gasteiger partial charge is 0.489 e. The van der Waals surface area contributed by atoms with Gasteiger partial charge >= 0.3 is 0 Å². The maximum atomic E-state index is 6.60. The van der Waals surface area contributed by atoms with Crippen molar-refractivity contribution in [3.8, 4) is 17.2 Å². The lowest BCUT2D eigenvalue weighted by atomic mass is 9.97. The van der Waals surface area contributed by atoms with Crippen LogP contribution in [0, 0.1) is 0 Å². The molecule has 0 fully saturated rings. The Labute approximate surface area is 296 Å². The summed E-state index contributed by atoms with van der Waals surface area (Å²) in [6.45, 7) is 16.8. The van der Waals surface area contributed by atoms with Gasteiger partial charge in [0, 0.05) is 11.5 Å². The molecule has 248 valence electrons. The van der Waals surface area contributed by atoms with E-state index in [1.165, 1.54) is 5.56 Å². The molecule has 6 aromatic rings. The van der Waals surface area contributed by atoms with Gasteiger partial charge in [0.15, 0.2) is 0 Å². The van der Waals surface area contributed by atoms with Crippen molar-refractivity contribution in [2.75, 3.05) is 0 Å². The van der Waals surface area contributed by atoms with Crippen LogP contribution in [0.4, 0.5) is 0 Å². The maximum absolute atomic E-state index is 6.60. The highest BCUT2D eigenvalue weighted by molar-refractivity contribution is 5.93. The van der Waals surface area contributed by atoms with E-state index in [0.717, 1.165) is 85.4 Å². The minimum atomic E-state index is 0.407. The Balaban J connectivity index is 1.37. The summed E-state index contributed by atoms with van der Waals surface area (Å²) in [7, 11) is 0. The SMILES string of the molecule is C=Cc1ccc(CCc2cc(OCc3ccc(C=C)cc3)cc3c(OCc4ccc(C=C)cc4)cc(OCc4ccc(C=C)cc4)cc23)cc1. The van der Waals surface area contributed by atoms with Gasteiger partial charge in [-0.2, -0.15) is 0 Å². The summed E-state index contributed by atoms with van der Waals surface area (Å²) in [6.07, 6.45) is 9.07. The van der Waals surface area contributed by atoms with Gasteiger partial charge in [-0.3, -0.25) is 0 Å². The molecule has 0 aliphatic carbocycles. The fourth-order valence-corrected chi connectivity index (χ4v) is 5.79. The Morgan fingerprint density at radius 3 is 1.20 bits per heavy atom. The summed E-state index contributed by atoms with van der Waals surface area (Å²) in [5, 5.41) is 2.05. The fraction of sp³-hybridized carbons (Fsp3) is 0.106. The summed E-state index contributed by atoms with van der Waals surface area (Å²) in [4.78, 5) is 0. The number of benzene rings is 6. The van der Waals surface area contributed by atoms with Crippen LogP contribution in [0.1, 0.15) is 50.1 Å². The number of rotatable bonds is 16. The lowest BCUT2D eigenvalue weighted by molar-refractivity contribution is 0.292. The first-order valence-corrected chi connectivity index (χ1v) is 16.9. The van der Waals surface area contributed by atoms with Crippen LogP contribution in [0.5, 0.6) is 17.2 Å². The second-order valence-electron chi connectivity index (χ2n) is 12.2. The summed E-state index contributed by atoms with van der Waals surface area (Å²) < 4.78 is 19.5. The maximum Gasteiger partial charge on any atom is 0.131 e. The molecular formula is C47H42O3. The van der Waals surface area contributed by atoms with Crippen LogP contribution in [0.25, 0.3) is 35.1 Å². The molecule has 0 radical (unpaired) electrons. The van der Waals surface area contributed by atoms with E-state index in [1.54, 1.807) is 0 Å². The molecule has 6 rings (SSSR count). The zero-order valence-corrected chi connectivity index (χ0v) is 28.4. The number of fused-ring (bicyclic) bond motifs is 1. The molecule has 0 heterocycles. The van der Waals surface area contributed by atoms with Crippen LogP contribution in [0.3, 0.4) is 0 Å². The number of aryl methyl sites for hydroxylation is 2. The molecule has 50 heavy (non-hydrogen) atoms. The summed E-state index contributed by atoms with van der Waals surface area (Å²) in [5.74, 6) is 2.28. The van der Waals surface area contributed by atoms with Gasteiger partial charge in [-0.1, -0.05) is 148 Å². The predicted molar refractivity (Wildman–Crippen MR) is 210 cm³/mol. The quantitative estimate of drug-likeness (QED) is 0.104. The van der Waals surface area contributed by atoms with E-state index in [4.69, 9.17) is 14.2 Å². The summed E-state index contributed by atoms with van der Waals surface area (Å²) in [5.41, 5.74) is 9.98. The first kappa shape index (κ1) is 33.8. The van der Waals surface area contributed by atoms with E-state index in [9.17, 15) is 0 Å². The van der Waals surface area contributed by atoms with E-state index in [2.05, 4.69) is 117 Å². The molecule has 0 aliphatic heterocycles. The predicted octanol–water partition coefficient (Wildman–Crippen LogP) is 11.9. The van der Waals surface area contributed by atoms with Crippen molar-refractivity contribution in [1.82, 2.24) is 0 Å². The average Bonchev–Trinajstić information content (AvgIpc) is 3.18. The molecule has 0 saturated heterocycles. The van der Waals surface area contributed by atoms with Gasteiger partial charge in [0.25, 0.3) is 0 Å². The van der Waals surface area contributed by atoms with Crippen LogP contribution in [0.2, 0.25) is 0 Å². The normalized spacial score (nSPS) is 10.7. The van der Waals surface area contributed by atoms with Crippen LogP contribution < -0.4 is 14.2 Å². The van der Waals surface area contributed by atoms with Crippen molar-refractivity contribution >= 4 is 35.1 Å². The molecule has 6 aromatic carbocycles. The Morgan fingerprint density at radius 2 is 0.760 bits per heavy atom. The Bertz CT molecular complexity index is 1930. The molecule has 0 atom stereocenters. The molecule has 0 unspecified atom stereocenters. The molecule has 0 bridgehead atoms. The molecule has 0 amide bonds. The van der Waals surface area contributed by atoms with E-state index in [1.807, 2.05) is 54.6 Å². The van der Waals surface area contributed by atoms with Gasteiger partial charge in [0.05, 0.1) is 0 Å². The highest BCUT2D eigenvalue weighted by Crippen LogP contribution is 2.38. The van der Waals surface area contributed by atoms with Crippen molar-refractivity contribution < 1.29 is 14.2 Å². The Kier molecular flexibility index (Phi) is 11.1. The van der Waals surface area contributed by atoms with E-state index in [0.29, 0.717) is 19.8 Å². The standard InChI is InChI=1S/C47H42O3/c1-5-34-9-17-38(18-10-34)25-26-42-27-43(48-31-39-19-11-35(6-2)12-20-39)29-46-45(42)28-44(49-32-40-21-13-36(7-3)14-22-40)30-47(46)50-33-41-23-15-37(8-4)16-24-41/h5-24,27-30H,1-4,25-26,31-33H2. The van der Waals surface area contributed by atoms with Gasteiger partial charge in [-0.15, -0.1) is 0 Å². The highest BCUT2D eigenvalue weighted by atomic mass is 16.5. The average molecular weight is 655 g/mol. The van der Waals surface area contributed by atoms with E-state index < -0.39 is 0 Å². The zero-order chi connectivity index (χ0) is 34.7. The smallest absolute Gasteiger partial charge is 0.131 e. The molecule has 0 N–H and O–H groups in total. The van der Waals surface area contributed by atoms with Gasteiger partial charge in [0.2, 0.25) is 0 Å². The van der Waals surface area contributed by atoms with Crippen molar-refractivity contribution in [1.29, 1.82) is 0 Å². The van der Waals surface area contributed by atoms with Gasteiger partial charge < -0.3 is 14.2 Å². The minimum Gasteiger partial charge on any atom is -0.489 e. The lowest BCUT2D eigenvalue weighted by Gasteiger charge is -2.18. The lowest BCUT2D eigenvalue weighted by Crippen LogP contribution is -2.02. The van der Waals surface area contributed by atoms with Crippen LogP contribution >= 0.6 is 0 Å². The fourth-order valence-electron chi connectivity index (χ4n) is 5.79. The van der Waals surface area contributed by atoms with Gasteiger partial charge in [-0.05, 0) is 86.5 Å². The van der Waals surface area contributed by atoms with Crippen LogP contribution in [-0.4, -0.2) is 0 Å². The molecule has 0 spiro atoms. The molecule has 0 aromatic heterocycles. The Hall–Kier alpha value is -6.06. The van der Waals surface area contributed by atoms with E-state index in [-0.39, 0.29) is 0 Å². The molecule has 0 aliphatic rings. The first-order valence-electron chi connectivity index (χ1n) is 16.9. The Morgan fingerprint density at radius 1 is 0.380 bits per heavy atom. The van der Waals surface area contributed by atoms with Crippen molar-refractivity contribution in [2.24, 2.45) is 0 Å². The summed E-state index contributed by atoms with van der Waals surface area (Å²) in [6, 6.07) is 41.7. The second-order valence-corrected chi connectivity index (χ2v) is 12.2. The van der Waals surface area contributed by atoms with Crippen molar-refractivity contribution in [3.05, 3.63) is 198 Å². The number of hydrogen-bond donors (Lipinski definition) is 0. The monoisotopic (exact) mass is 654 g/mol. The third-order valence-corrected chi connectivity index (χ3v) is 8.81. The first-order chi connectivity index (χ1) is 24.5. The van der Waals surface area contributed by atoms with Crippen molar-refractivity contribution in [2.45, 2.75) is 32.7 Å². The van der Waals surface area contributed by atoms with Crippen LogP contribution in [-0.2, 0) is 32.7 Å². The highest BCUT2D eigenvalue weighted by Gasteiger charge is 2.15. The van der Waals surface area contributed by atoms with E-state index >= 15 is 0 Å². The molecule has 3 nitrogen and oxygen atoms in total. The molecule has 0 saturated carbocycles. The zero-order valence-electron chi connectivity index (χ0n) is 28.4. The molecular weight excluding hydrogens is 613 g/mol. The summed E-state index contributed by atoms with van der Waals surface area (Å²) >= 11 is 0. The third kappa shape index (κ3) is 8.69.